The Morgan fingerprint density at radius 3 is 2.89 bits per heavy atom. The zero-order valence-corrected chi connectivity index (χ0v) is 12.9. The van der Waals surface area contributed by atoms with Crippen molar-refractivity contribution >= 4 is 34.5 Å². The number of nitrogens with zero attached hydrogens (tertiary/aromatic N) is 1. The molecule has 1 saturated heterocycles. The summed E-state index contributed by atoms with van der Waals surface area (Å²) in [5.74, 6) is 0.845. The number of hydrogen-bond acceptors (Lipinski definition) is 2. The second-order valence-electron chi connectivity index (χ2n) is 5.19. The van der Waals surface area contributed by atoms with Crippen molar-refractivity contribution in [3.63, 3.8) is 0 Å². The van der Waals surface area contributed by atoms with Crippen LogP contribution in [-0.2, 0) is 0 Å². The van der Waals surface area contributed by atoms with Crippen LogP contribution in [0.2, 0.25) is 5.02 Å². The summed E-state index contributed by atoms with van der Waals surface area (Å²) < 4.78 is 0. The average Bonchev–Trinajstić information content (AvgIpc) is 2.63. The molecule has 1 aliphatic rings. The van der Waals surface area contributed by atoms with E-state index in [1.54, 1.807) is 0 Å². The van der Waals surface area contributed by atoms with Gasteiger partial charge in [0.2, 0.25) is 0 Å². The molecule has 1 fully saturated rings. The summed E-state index contributed by atoms with van der Waals surface area (Å²) in [7, 11) is 0. The first-order valence-corrected chi connectivity index (χ1v) is 7.75. The minimum Gasteiger partial charge on any atom is -0.389 e. The van der Waals surface area contributed by atoms with Gasteiger partial charge in [-0.25, -0.2) is 0 Å². The maximum atomic E-state index is 6.25. The van der Waals surface area contributed by atoms with E-state index in [9.17, 15) is 0 Å². The van der Waals surface area contributed by atoms with Gasteiger partial charge in [0.15, 0.2) is 0 Å². The van der Waals surface area contributed by atoms with Crippen molar-refractivity contribution in [1.29, 1.82) is 0 Å². The summed E-state index contributed by atoms with van der Waals surface area (Å²) in [5, 5.41) is 0.654. The van der Waals surface area contributed by atoms with Gasteiger partial charge in [-0.15, -0.1) is 0 Å². The molecule has 0 aliphatic carbocycles. The highest BCUT2D eigenvalue weighted by Gasteiger charge is 2.20. The Bertz CT molecular complexity index is 461. The lowest BCUT2D eigenvalue weighted by atomic mass is 9.98. The molecule has 1 unspecified atom stereocenters. The third-order valence-electron chi connectivity index (χ3n) is 4.00. The van der Waals surface area contributed by atoms with Gasteiger partial charge in [0.05, 0.1) is 10.6 Å². The monoisotopic (exact) mass is 296 g/mol. The van der Waals surface area contributed by atoms with Crippen LogP contribution in [0.25, 0.3) is 0 Å². The Morgan fingerprint density at radius 1 is 1.42 bits per heavy atom. The van der Waals surface area contributed by atoms with Crippen molar-refractivity contribution in [3.8, 4) is 0 Å². The quantitative estimate of drug-likeness (QED) is 0.855. The van der Waals surface area contributed by atoms with Crippen LogP contribution < -0.4 is 10.6 Å². The fraction of sp³-hybridized carbons (Fsp3) is 0.533. The maximum absolute atomic E-state index is 6.25. The zero-order valence-electron chi connectivity index (χ0n) is 11.4. The fourth-order valence-electron chi connectivity index (χ4n) is 2.83. The number of halogens is 1. The lowest BCUT2D eigenvalue weighted by Crippen LogP contribution is -2.27. The van der Waals surface area contributed by atoms with E-state index < -0.39 is 0 Å². The third kappa shape index (κ3) is 3.40. The van der Waals surface area contributed by atoms with E-state index in [1.807, 2.05) is 12.1 Å². The Kier molecular flexibility index (Phi) is 5.06. The maximum Gasteiger partial charge on any atom is 0.107 e. The van der Waals surface area contributed by atoms with E-state index in [1.165, 1.54) is 25.7 Å². The second kappa shape index (κ2) is 6.58. The van der Waals surface area contributed by atoms with Crippen molar-refractivity contribution in [2.75, 3.05) is 18.0 Å². The molecule has 1 aromatic carbocycles. The first kappa shape index (κ1) is 14.6. The summed E-state index contributed by atoms with van der Waals surface area (Å²) in [6, 6.07) is 5.90. The standard InChI is InChI=1S/C15H21ClN2S/c1-2-11-5-4-9-18(10-8-11)13-7-3-6-12(16)14(13)15(17)19/h3,6-7,11H,2,4-5,8-10H2,1H3,(H2,17,19). The van der Waals surface area contributed by atoms with E-state index in [0.29, 0.717) is 10.0 Å². The molecule has 104 valence electrons. The van der Waals surface area contributed by atoms with Crippen LogP contribution in [0.5, 0.6) is 0 Å². The number of anilines is 1. The first-order valence-electron chi connectivity index (χ1n) is 6.96. The van der Waals surface area contributed by atoms with Gasteiger partial charge in [0.1, 0.15) is 4.99 Å². The van der Waals surface area contributed by atoms with Crippen molar-refractivity contribution < 1.29 is 0 Å². The molecular formula is C15H21ClN2S. The van der Waals surface area contributed by atoms with Gasteiger partial charge in [-0.1, -0.05) is 43.2 Å². The predicted octanol–water partition coefficient (Wildman–Crippen LogP) is 3.99. The molecule has 2 rings (SSSR count). The second-order valence-corrected chi connectivity index (χ2v) is 6.04. The molecule has 1 aliphatic heterocycles. The largest absolute Gasteiger partial charge is 0.389 e. The minimum atomic E-state index is 0.386. The van der Waals surface area contributed by atoms with Crippen molar-refractivity contribution in [2.24, 2.45) is 11.7 Å². The van der Waals surface area contributed by atoms with Crippen molar-refractivity contribution in [1.82, 2.24) is 0 Å². The lowest BCUT2D eigenvalue weighted by Gasteiger charge is -2.26. The number of benzene rings is 1. The summed E-state index contributed by atoms with van der Waals surface area (Å²) in [6.07, 6.45) is 5.04. The van der Waals surface area contributed by atoms with Gasteiger partial charge in [0, 0.05) is 18.8 Å². The SMILES string of the molecule is CCC1CCCN(c2cccc(Cl)c2C(N)=S)CC1. The van der Waals surface area contributed by atoms with Gasteiger partial charge in [-0.05, 0) is 37.3 Å². The molecule has 19 heavy (non-hydrogen) atoms. The topological polar surface area (TPSA) is 29.3 Å². The molecule has 0 saturated carbocycles. The number of rotatable bonds is 3. The molecule has 0 amide bonds. The summed E-state index contributed by atoms with van der Waals surface area (Å²) in [5.41, 5.74) is 7.76. The van der Waals surface area contributed by atoms with Crippen LogP contribution >= 0.6 is 23.8 Å². The zero-order chi connectivity index (χ0) is 13.8. The highest BCUT2D eigenvalue weighted by molar-refractivity contribution is 7.80. The smallest absolute Gasteiger partial charge is 0.107 e. The average molecular weight is 297 g/mol. The normalized spacial score (nSPS) is 20.1. The van der Waals surface area contributed by atoms with Crippen LogP contribution in [0.15, 0.2) is 18.2 Å². The van der Waals surface area contributed by atoms with Crippen LogP contribution in [-0.4, -0.2) is 18.1 Å². The third-order valence-corrected chi connectivity index (χ3v) is 4.52. The first-order chi connectivity index (χ1) is 9.13. The van der Waals surface area contributed by atoms with E-state index in [0.717, 1.165) is 30.3 Å². The summed E-state index contributed by atoms with van der Waals surface area (Å²) in [6.45, 7) is 4.40. The molecule has 0 radical (unpaired) electrons. The molecule has 1 atom stereocenters. The van der Waals surface area contributed by atoms with Gasteiger partial charge in [-0.3, -0.25) is 0 Å². The van der Waals surface area contributed by atoms with Crippen LogP contribution in [0.3, 0.4) is 0 Å². The highest BCUT2D eigenvalue weighted by atomic mass is 35.5. The van der Waals surface area contributed by atoms with Crippen molar-refractivity contribution in [2.45, 2.75) is 32.6 Å². The van der Waals surface area contributed by atoms with Crippen LogP contribution in [0.1, 0.15) is 38.2 Å². The molecule has 0 spiro atoms. The Hall–Kier alpha value is -0.800. The number of nitrogens with two attached hydrogens (primary N) is 1. The lowest BCUT2D eigenvalue weighted by molar-refractivity contribution is 0.459. The molecule has 1 aromatic rings. The Labute approximate surface area is 125 Å². The molecule has 0 bridgehead atoms. The molecule has 2 nitrogen and oxygen atoms in total. The van der Waals surface area contributed by atoms with Gasteiger partial charge in [0.25, 0.3) is 0 Å². The number of thiocarbonyl (C=S) groups is 1. The van der Waals surface area contributed by atoms with E-state index >= 15 is 0 Å². The van der Waals surface area contributed by atoms with Crippen LogP contribution in [0, 0.1) is 5.92 Å². The van der Waals surface area contributed by atoms with Crippen molar-refractivity contribution in [3.05, 3.63) is 28.8 Å². The summed E-state index contributed by atoms with van der Waals surface area (Å²) in [4.78, 5) is 2.77. The van der Waals surface area contributed by atoms with Gasteiger partial charge < -0.3 is 10.6 Å². The predicted molar refractivity (Wildman–Crippen MR) is 87.2 cm³/mol. The fourth-order valence-corrected chi connectivity index (χ4v) is 3.38. The van der Waals surface area contributed by atoms with Crippen LogP contribution in [0.4, 0.5) is 5.69 Å². The van der Waals surface area contributed by atoms with E-state index in [-0.39, 0.29) is 0 Å². The molecule has 2 N–H and O–H groups in total. The summed E-state index contributed by atoms with van der Waals surface area (Å²) >= 11 is 11.4. The molecular weight excluding hydrogens is 276 g/mol. The molecule has 0 aromatic heterocycles. The Balaban J connectivity index is 2.26. The molecule has 1 heterocycles. The number of hydrogen-bond donors (Lipinski definition) is 1. The van der Waals surface area contributed by atoms with Gasteiger partial charge in [-0.2, -0.15) is 0 Å². The Morgan fingerprint density at radius 2 is 2.21 bits per heavy atom. The van der Waals surface area contributed by atoms with Gasteiger partial charge >= 0.3 is 0 Å². The minimum absolute atomic E-state index is 0.386. The van der Waals surface area contributed by atoms with E-state index in [4.69, 9.17) is 29.6 Å². The highest BCUT2D eigenvalue weighted by Crippen LogP contribution is 2.30. The molecule has 4 heteroatoms. The van der Waals surface area contributed by atoms with E-state index in [2.05, 4.69) is 17.9 Å².